The van der Waals surface area contributed by atoms with Crippen LogP contribution in [-0.4, -0.2) is 24.5 Å². The van der Waals surface area contributed by atoms with Gasteiger partial charge in [-0.1, -0.05) is 41.6 Å². The Morgan fingerprint density at radius 3 is 2.65 bits per heavy atom. The maximum absolute atomic E-state index is 12.3. The fraction of sp³-hybridized carbons (Fsp3) is 0.263. The minimum absolute atomic E-state index is 0.0492. The Balaban J connectivity index is 1.38. The highest BCUT2D eigenvalue weighted by atomic mass is 35.5. The summed E-state index contributed by atoms with van der Waals surface area (Å²) in [5, 5.41) is 9.10. The summed E-state index contributed by atoms with van der Waals surface area (Å²) in [6.45, 7) is 0.486. The molecule has 3 amide bonds. The average Bonchev–Trinajstić information content (AvgIpc) is 3.38. The van der Waals surface area contributed by atoms with E-state index in [0.29, 0.717) is 17.3 Å². The molecule has 2 fully saturated rings. The maximum Gasteiger partial charge on any atom is 0.319 e. The smallest absolute Gasteiger partial charge is 0.319 e. The molecule has 0 aromatic heterocycles. The van der Waals surface area contributed by atoms with Crippen molar-refractivity contribution in [1.29, 1.82) is 0 Å². The molecular weight excluding hydrogens is 370 g/mol. The van der Waals surface area contributed by atoms with Crippen molar-refractivity contribution >= 4 is 41.0 Å². The lowest BCUT2D eigenvalue weighted by Gasteiger charge is -2.18. The van der Waals surface area contributed by atoms with E-state index in [1.807, 2.05) is 42.5 Å². The Bertz CT molecular complexity index is 855. The molecule has 4 rings (SSSR count). The van der Waals surface area contributed by atoms with Crippen LogP contribution in [-0.2, 0) is 4.79 Å². The Kier molecular flexibility index (Phi) is 4.54. The van der Waals surface area contributed by atoms with Crippen LogP contribution in [0.1, 0.15) is 12.8 Å². The molecule has 5 nitrogen and oxygen atoms in total. The zero-order valence-corrected chi connectivity index (χ0v) is 15.5. The van der Waals surface area contributed by atoms with E-state index in [1.54, 1.807) is 17.8 Å². The van der Waals surface area contributed by atoms with Gasteiger partial charge < -0.3 is 16.0 Å². The van der Waals surface area contributed by atoms with Crippen LogP contribution in [0.4, 0.5) is 10.5 Å². The van der Waals surface area contributed by atoms with E-state index in [4.69, 9.17) is 11.6 Å². The minimum atomic E-state index is -0.384. The van der Waals surface area contributed by atoms with Gasteiger partial charge in [0.25, 0.3) is 0 Å². The molecule has 0 radical (unpaired) electrons. The summed E-state index contributed by atoms with van der Waals surface area (Å²) in [7, 11) is 0. The Hall–Kier alpha value is -2.18. The van der Waals surface area contributed by atoms with Gasteiger partial charge >= 0.3 is 6.03 Å². The third kappa shape index (κ3) is 3.39. The normalized spacial score (nSPS) is 19.9. The first-order valence-corrected chi connectivity index (χ1v) is 9.64. The van der Waals surface area contributed by atoms with E-state index in [9.17, 15) is 9.59 Å². The highest BCUT2D eigenvalue weighted by Gasteiger charge is 2.59. The van der Waals surface area contributed by atoms with E-state index < -0.39 is 0 Å². The van der Waals surface area contributed by atoms with Gasteiger partial charge in [0, 0.05) is 22.0 Å². The number of benzene rings is 2. The van der Waals surface area contributed by atoms with Crippen molar-refractivity contribution < 1.29 is 9.59 Å². The summed E-state index contributed by atoms with van der Waals surface area (Å²) < 4.78 is 0. The number of carbonyl (C=O) groups excluding carboxylic acids is 2. The lowest BCUT2D eigenvalue weighted by Crippen LogP contribution is -2.43. The monoisotopic (exact) mass is 387 g/mol. The number of halogens is 1. The van der Waals surface area contributed by atoms with Crippen molar-refractivity contribution in [3.8, 4) is 0 Å². The second-order valence-corrected chi connectivity index (χ2v) is 8.10. The number of hydrogen-bond acceptors (Lipinski definition) is 3. The molecule has 26 heavy (non-hydrogen) atoms. The van der Waals surface area contributed by atoms with E-state index in [1.165, 1.54) is 0 Å². The van der Waals surface area contributed by atoms with Crippen LogP contribution in [0.3, 0.4) is 0 Å². The molecule has 1 heterocycles. The van der Waals surface area contributed by atoms with Crippen molar-refractivity contribution in [2.45, 2.75) is 28.7 Å². The van der Waals surface area contributed by atoms with Crippen LogP contribution in [0, 0.1) is 5.41 Å². The summed E-state index contributed by atoms with van der Waals surface area (Å²) in [4.78, 5) is 26.1. The molecule has 134 valence electrons. The molecule has 1 saturated heterocycles. The van der Waals surface area contributed by atoms with Crippen molar-refractivity contribution in [2.24, 2.45) is 5.41 Å². The van der Waals surface area contributed by atoms with Gasteiger partial charge in [-0.15, -0.1) is 0 Å². The highest BCUT2D eigenvalue weighted by molar-refractivity contribution is 7.99. The molecule has 2 aliphatic rings. The van der Waals surface area contributed by atoms with Crippen molar-refractivity contribution in [3.05, 3.63) is 53.6 Å². The molecule has 2 aromatic carbocycles. The predicted molar refractivity (Wildman–Crippen MR) is 103 cm³/mol. The average molecular weight is 388 g/mol. The molecule has 7 heteroatoms. The maximum atomic E-state index is 12.3. The third-order valence-electron chi connectivity index (χ3n) is 4.84. The standard InChI is InChI=1S/C19H18ClN3O2S/c20-14-10-12(6-7-15(14)26-13-4-2-1-3-5-13)22-18(25)23-16-11-21-17(24)19(16)8-9-19/h1-7,10,16H,8-9,11H2,(H,21,24)(H2,22,23,25). The fourth-order valence-corrected chi connectivity index (χ4v) is 4.36. The van der Waals surface area contributed by atoms with E-state index in [-0.39, 0.29) is 23.4 Å². The zero-order valence-electron chi connectivity index (χ0n) is 13.9. The lowest BCUT2D eigenvalue weighted by molar-refractivity contribution is -0.123. The molecule has 1 spiro atoms. The van der Waals surface area contributed by atoms with Gasteiger partial charge in [0.15, 0.2) is 0 Å². The number of carbonyl (C=O) groups is 2. The van der Waals surface area contributed by atoms with Crippen LogP contribution in [0.2, 0.25) is 5.02 Å². The molecule has 0 bridgehead atoms. The summed E-state index contributed by atoms with van der Waals surface area (Å²) in [5.41, 5.74) is 0.234. The minimum Gasteiger partial charge on any atom is -0.353 e. The lowest BCUT2D eigenvalue weighted by atomic mass is 10.0. The van der Waals surface area contributed by atoms with Gasteiger partial charge in [-0.05, 0) is 43.2 Å². The van der Waals surface area contributed by atoms with Crippen molar-refractivity contribution in [3.63, 3.8) is 0 Å². The SMILES string of the molecule is O=C(Nc1ccc(Sc2ccccc2)c(Cl)c1)NC1CNC(=O)C12CC2. The van der Waals surface area contributed by atoms with Crippen LogP contribution >= 0.6 is 23.4 Å². The molecule has 1 saturated carbocycles. The zero-order chi connectivity index (χ0) is 18.1. The molecule has 1 aliphatic carbocycles. The van der Waals surface area contributed by atoms with Gasteiger partial charge in [0.1, 0.15) is 0 Å². The molecule has 1 unspecified atom stereocenters. The van der Waals surface area contributed by atoms with E-state index in [0.717, 1.165) is 22.6 Å². The molecule has 3 N–H and O–H groups in total. The highest BCUT2D eigenvalue weighted by Crippen LogP contribution is 2.51. The van der Waals surface area contributed by atoms with Gasteiger partial charge in [0.05, 0.1) is 16.5 Å². The van der Waals surface area contributed by atoms with E-state index >= 15 is 0 Å². The number of anilines is 1. The number of nitrogens with one attached hydrogen (secondary N) is 3. The summed E-state index contributed by atoms with van der Waals surface area (Å²) >= 11 is 7.93. The topological polar surface area (TPSA) is 70.2 Å². The number of rotatable bonds is 4. The van der Waals surface area contributed by atoms with E-state index in [2.05, 4.69) is 16.0 Å². The van der Waals surface area contributed by atoms with Gasteiger partial charge in [-0.2, -0.15) is 0 Å². The summed E-state index contributed by atoms with van der Waals surface area (Å²) in [6, 6.07) is 14.9. The molecule has 1 aliphatic heterocycles. The van der Waals surface area contributed by atoms with Crippen LogP contribution in [0.5, 0.6) is 0 Å². The first-order chi connectivity index (χ1) is 12.6. The summed E-state index contributed by atoms with van der Waals surface area (Å²) in [6.07, 6.45) is 1.67. The Morgan fingerprint density at radius 1 is 1.19 bits per heavy atom. The quantitative estimate of drug-likeness (QED) is 0.745. The second-order valence-electron chi connectivity index (χ2n) is 6.58. The van der Waals surface area contributed by atoms with Gasteiger partial charge in [-0.3, -0.25) is 4.79 Å². The third-order valence-corrected chi connectivity index (χ3v) is 6.35. The fourth-order valence-electron chi connectivity index (χ4n) is 3.23. The molecular formula is C19H18ClN3O2S. The Labute approximate surface area is 160 Å². The largest absolute Gasteiger partial charge is 0.353 e. The predicted octanol–water partition coefficient (Wildman–Crippen LogP) is 3.89. The molecule has 2 aromatic rings. The number of amides is 3. The van der Waals surface area contributed by atoms with Crippen LogP contribution < -0.4 is 16.0 Å². The van der Waals surface area contributed by atoms with Gasteiger partial charge in [0.2, 0.25) is 5.91 Å². The number of hydrogen-bond donors (Lipinski definition) is 3. The van der Waals surface area contributed by atoms with Crippen LogP contribution in [0.15, 0.2) is 58.3 Å². The Morgan fingerprint density at radius 2 is 1.96 bits per heavy atom. The van der Waals surface area contributed by atoms with Gasteiger partial charge in [-0.25, -0.2) is 4.79 Å². The molecule has 1 atom stereocenters. The summed E-state index contributed by atoms with van der Waals surface area (Å²) in [5.74, 6) is 0.0492. The number of urea groups is 1. The van der Waals surface area contributed by atoms with Crippen LogP contribution in [0.25, 0.3) is 0 Å². The van der Waals surface area contributed by atoms with Crippen molar-refractivity contribution in [1.82, 2.24) is 10.6 Å². The first-order valence-electron chi connectivity index (χ1n) is 8.45. The second kappa shape index (κ2) is 6.85. The van der Waals surface area contributed by atoms with Crippen molar-refractivity contribution in [2.75, 3.05) is 11.9 Å². The first kappa shape index (κ1) is 17.2.